The monoisotopic (exact) mass is 431 g/mol. The third-order valence-electron chi connectivity index (χ3n) is 4.45. The molecule has 1 atom stereocenters. The molecule has 1 saturated heterocycles. The summed E-state index contributed by atoms with van der Waals surface area (Å²) in [7, 11) is 0. The molecule has 1 aromatic heterocycles. The predicted molar refractivity (Wildman–Crippen MR) is 111 cm³/mol. The second-order valence-electron chi connectivity index (χ2n) is 6.85. The summed E-state index contributed by atoms with van der Waals surface area (Å²) in [6.45, 7) is 6.56. The molecule has 0 radical (unpaired) electrons. The van der Waals surface area contributed by atoms with Crippen LogP contribution in [0, 0.1) is 5.92 Å². The number of halogens is 3. The summed E-state index contributed by atoms with van der Waals surface area (Å²) in [6.07, 6.45) is 2.25. The predicted octanol–water partition coefficient (Wildman–Crippen LogP) is 3.85. The fourth-order valence-corrected chi connectivity index (χ4v) is 3.62. The number of hydrogen-bond donors (Lipinski definition) is 2. The smallest absolute Gasteiger partial charge is 0.290 e. The molecule has 1 aromatic carbocycles. The van der Waals surface area contributed by atoms with E-state index in [1.54, 1.807) is 22.9 Å². The number of benzene rings is 1. The first kappa shape index (κ1) is 22.0. The third-order valence-corrected chi connectivity index (χ3v) is 5.06. The maximum atomic E-state index is 12.5. The second-order valence-corrected chi connectivity index (χ2v) is 7.67. The Hall–Kier alpha value is -1.34. The van der Waals surface area contributed by atoms with Gasteiger partial charge >= 0.3 is 0 Å². The molecule has 1 unspecified atom stereocenters. The minimum absolute atomic E-state index is 0. The number of piperidine rings is 1. The largest absolute Gasteiger partial charge is 0.349 e. The first-order chi connectivity index (χ1) is 12.5. The van der Waals surface area contributed by atoms with Crippen LogP contribution in [-0.2, 0) is 0 Å². The van der Waals surface area contributed by atoms with Crippen molar-refractivity contribution in [1.29, 1.82) is 0 Å². The van der Waals surface area contributed by atoms with Gasteiger partial charge in [-0.3, -0.25) is 4.79 Å². The number of nitrogens with one attached hydrogen (secondary N) is 2. The summed E-state index contributed by atoms with van der Waals surface area (Å²) in [6, 6.07) is 5.25. The van der Waals surface area contributed by atoms with Crippen LogP contribution in [-0.4, -0.2) is 40.3 Å². The molecule has 1 aliphatic heterocycles. The van der Waals surface area contributed by atoms with E-state index in [4.69, 9.17) is 23.2 Å². The Bertz CT molecular complexity index is 767. The van der Waals surface area contributed by atoms with Crippen molar-refractivity contribution in [2.45, 2.75) is 32.6 Å². The Balaban J connectivity index is 0.00000261. The topological polar surface area (TPSA) is 71.8 Å². The molecule has 3 rings (SSSR count). The number of aromatic nitrogens is 3. The van der Waals surface area contributed by atoms with Gasteiger partial charge in [0, 0.05) is 12.5 Å². The highest BCUT2D eigenvalue weighted by atomic mass is 35.5. The van der Waals surface area contributed by atoms with E-state index in [-0.39, 0.29) is 30.1 Å². The molecule has 2 N–H and O–H groups in total. The van der Waals surface area contributed by atoms with Crippen LogP contribution < -0.4 is 10.6 Å². The van der Waals surface area contributed by atoms with Gasteiger partial charge in [-0.15, -0.1) is 17.5 Å². The van der Waals surface area contributed by atoms with Crippen LogP contribution in [0.15, 0.2) is 18.2 Å². The molecule has 27 heavy (non-hydrogen) atoms. The van der Waals surface area contributed by atoms with Crippen molar-refractivity contribution >= 4 is 41.5 Å². The zero-order chi connectivity index (χ0) is 18.7. The minimum Gasteiger partial charge on any atom is -0.349 e. The zero-order valence-corrected chi connectivity index (χ0v) is 17.7. The first-order valence-electron chi connectivity index (χ1n) is 8.87. The number of carbonyl (C=O) groups excluding carboxylic acids is 1. The van der Waals surface area contributed by atoms with Gasteiger partial charge in [0.05, 0.1) is 10.0 Å². The highest BCUT2D eigenvalue weighted by Gasteiger charge is 2.23. The first-order valence-corrected chi connectivity index (χ1v) is 9.63. The van der Waals surface area contributed by atoms with Crippen molar-refractivity contribution in [3.63, 3.8) is 0 Å². The minimum atomic E-state index is -0.278. The highest BCUT2D eigenvalue weighted by Crippen LogP contribution is 2.30. The summed E-state index contributed by atoms with van der Waals surface area (Å²) in [5.41, 5.74) is 0.544. The number of para-hydroxylation sites is 1. The normalized spacial score (nSPS) is 16.9. The van der Waals surface area contributed by atoms with Crippen molar-refractivity contribution in [2.75, 3.05) is 19.6 Å². The average Bonchev–Trinajstić information content (AvgIpc) is 3.06. The van der Waals surface area contributed by atoms with E-state index in [0.717, 1.165) is 25.9 Å². The van der Waals surface area contributed by atoms with Gasteiger partial charge in [-0.25, -0.2) is 9.67 Å². The Labute approximate surface area is 175 Å². The summed E-state index contributed by atoms with van der Waals surface area (Å²) in [5.74, 6) is 0.994. The lowest BCUT2D eigenvalue weighted by atomic mass is 10.00. The van der Waals surface area contributed by atoms with Crippen LogP contribution in [0.1, 0.15) is 49.1 Å². The fraction of sp³-hybridized carbons (Fsp3) is 0.500. The van der Waals surface area contributed by atoms with Crippen LogP contribution in [0.25, 0.3) is 5.69 Å². The van der Waals surface area contributed by atoms with Gasteiger partial charge in [-0.2, -0.15) is 0 Å². The number of rotatable bonds is 5. The fourth-order valence-electron chi connectivity index (χ4n) is 3.06. The lowest BCUT2D eigenvalue weighted by Crippen LogP contribution is -2.38. The molecule has 0 aliphatic carbocycles. The third kappa shape index (κ3) is 5.13. The Morgan fingerprint density at radius 3 is 2.67 bits per heavy atom. The summed E-state index contributed by atoms with van der Waals surface area (Å²) >= 11 is 12.6. The zero-order valence-electron chi connectivity index (χ0n) is 15.3. The Morgan fingerprint density at radius 1 is 1.37 bits per heavy atom. The molecule has 0 saturated carbocycles. The van der Waals surface area contributed by atoms with E-state index in [0.29, 0.717) is 34.0 Å². The summed E-state index contributed by atoms with van der Waals surface area (Å²) in [4.78, 5) is 17.0. The van der Waals surface area contributed by atoms with Crippen molar-refractivity contribution in [3.8, 4) is 5.69 Å². The van der Waals surface area contributed by atoms with E-state index in [1.807, 2.05) is 13.8 Å². The van der Waals surface area contributed by atoms with Crippen LogP contribution in [0.2, 0.25) is 10.0 Å². The van der Waals surface area contributed by atoms with Gasteiger partial charge in [0.15, 0.2) is 0 Å². The molecular formula is C18H24Cl3N5O. The van der Waals surface area contributed by atoms with E-state index in [9.17, 15) is 4.79 Å². The van der Waals surface area contributed by atoms with Crippen molar-refractivity contribution < 1.29 is 4.79 Å². The molecule has 1 fully saturated rings. The maximum Gasteiger partial charge on any atom is 0.290 e. The SMILES string of the molecule is CC(C)c1nc(C(=O)NCC2CCCNC2)nn1-c1c(Cl)cccc1Cl.Cl. The van der Waals surface area contributed by atoms with Gasteiger partial charge in [-0.1, -0.05) is 43.1 Å². The molecule has 2 aromatic rings. The molecule has 1 amide bonds. The van der Waals surface area contributed by atoms with Gasteiger partial charge in [0.1, 0.15) is 11.5 Å². The molecule has 0 bridgehead atoms. The second kappa shape index (κ2) is 9.73. The maximum absolute atomic E-state index is 12.5. The number of carbonyl (C=O) groups is 1. The quantitative estimate of drug-likeness (QED) is 0.753. The van der Waals surface area contributed by atoms with E-state index in [2.05, 4.69) is 20.7 Å². The summed E-state index contributed by atoms with van der Waals surface area (Å²) < 4.78 is 1.58. The van der Waals surface area contributed by atoms with Crippen LogP contribution in [0.4, 0.5) is 0 Å². The van der Waals surface area contributed by atoms with E-state index in [1.165, 1.54) is 0 Å². The molecule has 0 spiro atoms. The van der Waals surface area contributed by atoms with Gasteiger partial charge in [0.2, 0.25) is 5.82 Å². The lowest BCUT2D eigenvalue weighted by Gasteiger charge is -2.22. The number of nitrogens with zero attached hydrogens (tertiary/aromatic N) is 3. The van der Waals surface area contributed by atoms with Gasteiger partial charge in [-0.05, 0) is 44.0 Å². The van der Waals surface area contributed by atoms with Crippen molar-refractivity contribution in [3.05, 3.63) is 39.9 Å². The van der Waals surface area contributed by atoms with Gasteiger partial charge < -0.3 is 10.6 Å². The molecule has 2 heterocycles. The van der Waals surface area contributed by atoms with Crippen LogP contribution in [0.5, 0.6) is 0 Å². The highest BCUT2D eigenvalue weighted by molar-refractivity contribution is 6.37. The van der Waals surface area contributed by atoms with Crippen LogP contribution in [0.3, 0.4) is 0 Å². The molecule has 1 aliphatic rings. The van der Waals surface area contributed by atoms with E-state index >= 15 is 0 Å². The molecule has 6 nitrogen and oxygen atoms in total. The van der Waals surface area contributed by atoms with E-state index < -0.39 is 0 Å². The Morgan fingerprint density at radius 2 is 2.07 bits per heavy atom. The lowest BCUT2D eigenvalue weighted by molar-refractivity contribution is 0.0934. The average molecular weight is 433 g/mol. The standard InChI is InChI=1S/C18H23Cl2N5O.ClH/c1-11(2)17-23-16(18(26)22-10-12-5-4-8-21-9-12)24-25(17)15-13(19)6-3-7-14(15)20;/h3,6-7,11-12,21H,4-5,8-10H2,1-2H3,(H,22,26);1H. The Kier molecular flexibility index (Phi) is 7.91. The molecular weight excluding hydrogens is 409 g/mol. The van der Waals surface area contributed by atoms with Crippen molar-refractivity contribution in [2.24, 2.45) is 5.92 Å². The van der Waals surface area contributed by atoms with Crippen molar-refractivity contribution in [1.82, 2.24) is 25.4 Å². The molecule has 9 heteroatoms. The van der Waals surface area contributed by atoms with Gasteiger partial charge in [0.25, 0.3) is 5.91 Å². The van der Waals surface area contributed by atoms with Crippen LogP contribution >= 0.6 is 35.6 Å². The summed E-state index contributed by atoms with van der Waals surface area (Å²) in [5, 5.41) is 11.6. The number of hydrogen-bond acceptors (Lipinski definition) is 4. The molecule has 148 valence electrons. The number of amides is 1.